The van der Waals surface area contributed by atoms with Crippen molar-refractivity contribution in [2.24, 2.45) is 5.73 Å². The Labute approximate surface area is 117 Å². The summed E-state index contributed by atoms with van der Waals surface area (Å²) in [7, 11) is 0. The first-order chi connectivity index (χ1) is 9.61. The first-order valence-corrected chi connectivity index (χ1v) is 6.85. The molecule has 0 aliphatic carbocycles. The van der Waals surface area contributed by atoms with Crippen LogP contribution in [0.25, 0.3) is 0 Å². The molecule has 1 aliphatic heterocycles. The van der Waals surface area contributed by atoms with E-state index in [1.165, 1.54) is 6.07 Å². The average molecular weight is 278 g/mol. The monoisotopic (exact) mass is 278 g/mol. The molecule has 0 unspecified atom stereocenters. The molecule has 4 nitrogen and oxygen atoms in total. The Morgan fingerprint density at radius 2 is 2.25 bits per heavy atom. The highest BCUT2D eigenvalue weighted by Gasteiger charge is 2.28. The van der Waals surface area contributed by atoms with Crippen LogP contribution in [0, 0.1) is 5.82 Å². The van der Waals surface area contributed by atoms with Crippen LogP contribution in [-0.2, 0) is 16.0 Å². The van der Waals surface area contributed by atoms with Gasteiger partial charge in [-0.1, -0.05) is 18.2 Å². The summed E-state index contributed by atoms with van der Waals surface area (Å²) < 4.78 is 13.5. The Kier molecular flexibility index (Phi) is 4.84. The second kappa shape index (κ2) is 6.61. The maximum Gasteiger partial charge on any atom is 0.224 e. The molecular formula is C15H19FN2O2. The molecule has 1 amide bonds. The van der Waals surface area contributed by atoms with Gasteiger partial charge in [0.1, 0.15) is 12.1 Å². The van der Waals surface area contributed by atoms with Crippen LogP contribution in [0.5, 0.6) is 0 Å². The van der Waals surface area contributed by atoms with Crippen molar-refractivity contribution in [3.05, 3.63) is 35.6 Å². The van der Waals surface area contributed by atoms with Gasteiger partial charge in [0.25, 0.3) is 0 Å². The van der Waals surface area contributed by atoms with Gasteiger partial charge in [0, 0.05) is 19.0 Å². The van der Waals surface area contributed by atoms with Crippen molar-refractivity contribution in [3.63, 3.8) is 0 Å². The molecule has 0 saturated carbocycles. The minimum absolute atomic E-state index is 0.122. The summed E-state index contributed by atoms with van der Waals surface area (Å²) in [5, 5.41) is 0. The molecule has 1 aromatic rings. The van der Waals surface area contributed by atoms with Crippen LogP contribution in [0.4, 0.5) is 4.39 Å². The molecule has 2 atom stereocenters. The van der Waals surface area contributed by atoms with Crippen molar-refractivity contribution >= 4 is 12.2 Å². The minimum atomic E-state index is -0.438. The van der Waals surface area contributed by atoms with E-state index in [-0.39, 0.29) is 24.2 Å². The standard InChI is InChI=1S/C15H19FN2O2/c16-14-6-2-1-4-11(14)8-12(17)9-15(20)18-7-3-5-13(18)10-19/h1-2,4,6,10,12-13H,3,5,7-9,17H2/t12-,13+/m1/s1. The number of likely N-dealkylation sites (tertiary alicyclic amines) is 1. The maximum atomic E-state index is 13.5. The molecule has 2 rings (SSSR count). The van der Waals surface area contributed by atoms with Gasteiger partial charge < -0.3 is 15.4 Å². The average Bonchev–Trinajstić information content (AvgIpc) is 2.89. The molecule has 0 bridgehead atoms. The summed E-state index contributed by atoms with van der Waals surface area (Å²) in [6.45, 7) is 0.606. The van der Waals surface area contributed by atoms with Crippen LogP contribution < -0.4 is 5.73 Å². The lowest BCUT2D eigenvalue weighted by atomic mass is 10.0. The molecule has 0 spiro atoms. The Bertz CT molecular complexity index is 493. The molecule has 1 heterocycles. The van der Waals surface area contributed by atoms with Gasteiger partial charge in [-0.3, -0.25) is 4.79 Å². The van der Waals surface area contributed by atoms with Crippen LogP contribution in [0.1, 0.15) is 24.8 Å². The van der Waals surface area contributed by atoms with E-state index in [1.54, 1.807) is 23.1 Å². The van der Waals surface area contributed by atoms with Crippen LogP contribution in [0.2, 0.25) is 0 Å². The molecule has 20 heavy (non-hydrogen) atoms. The van der Waals surface area contributed by atoms with Crippen LogP contribution in [-0.4, -0.2) is 35.7 Å². The normalized spacial score (nSPS) is 19.9. The molecule has 1 aliphatic rings. The largest absolute Gasteiger partial charge is 0.333 e. The van der Waals surface area contributed by atoms with E-state index < -0.39 is 6.04 Å². The molecule has 0 radical (unpaired) electrons. The Balaban J connectivity index is 1.91. The van der Waals surface area contributed by atoms with E-state index in [0.29, 0.717) is 18.5 Å². The number of halogens is 1. The number of aldehydes is 1. The van der Waals surface area contributed by atoms with E-state index in [0.717, 1.165) is 19.1 Å². The molecule has 2 N–H and O–H groups in total. The smallest absolute Gasteiger partial charge is 0.224 e. The van der Waals surface area contributed by atoms with Crippen molar-refractivity contribution in [3.8, 4) is 0 Å². The SMILES string of the molecule is N[C@@H](CC(=O)N1CCC[C@H]1C=O)Cc1ccccc1F. The minimum Gasteiger partial charge on any atom is -0.333 e. The summed E-state index contributed by atoms with van der Waals surface area (Å²) in [5.41, 5.74) is 6.44. The first-order valence-electron chi connectivity index (χ1n) is 6.85. The van der Waals surface area contributed by atoms with Gasteiger partial charge in [-0.05, 0) is 30.9 Å². The number of amides is 1. The quantitative estimate of drug-likeness (QED) is 0.825. The van der Waals surface area contributed by atoms with Gasteiger partial charge in [-0.25, -0.2) is 4.39 Å². The number of hydrogen-bond donors (Lipinski definition) is 1. The predicted octanol–water partition coefficient (Wildman–Crippen LogP) is 1.28. The maximum absolute atomic E-state index is 13.5. The Morgan fingerprint density at radius 1 is 1.50 bits per heavy atom. The molecule has 1 saturated heterocycles. The number of nitrogens with two attached hydrogens (primary N) is 1. The second-order valence-electron chi connectivity index (χ2n) is 5.19. The fourth-order valence-corrected chi connectivity index (χ4v) is 2.60. The van der Waals surface area contributed by atoms with Gasteiger partial charge in [0.15, 0.2) is 0 Å². The molecule has 0 aromatic heterocycles. The highest BCUT2D eigenvalue weighted by atomic mass is 19.1. The van der Waals surface area contributed by atoms with Gasteiger partial charge in [-0.15, -0.1) is 0 Å². The van der Waals surface area contributed by atoms with E-state index in [2.05, 4.69) is 0 Å². The topological polar surface area (TPSA) is 63.4 Å². The highest BCUT2D eigenvalue weighted by Crippen LogP contribution is 2.17. The third-order valence-corrected chi connectivity index (χ3v) is 3.65. The summed E-state index contributed by atoms with van der Waals surface area (Å²) >= 11 is 0. The second-order valence-corrected chi connectivity index (χ2v) is 5.19. The third-order valence-electron chi connectivity index (χ3n) is 3.65. The lowest BCUT2D eigenvalue weighted by Crippen LogP contribution is -2.40. The molecule has 1 aromatic carbocycles. The third kappa shape index (κ3) is 3.42. The van der Waals surface area contributed by atoms with Crippen molar-refractivity contribution < 1.29 is 14.0 Å². The summed E-state index contributed by atoms with van der Waals surface area (Å²) in [6.07, 6.45) is 2.83. The zero-order valence-electron chi connectivity index (χ0n) is 11.3. The highest BCUT2D eigenvalue weighted by molar-refractivity contribution is 5.80. The van der Waals surface area contributed by atoms with Crippen LogP contribution in [0.3, 0.4) is 0 Å². The Hall–Kier alpha value is -1.75. The number of rotatable bonds is 5. The number of nitrogens with zero attached hydrogens (tertiary/aromatic N) is 1. The summed E-state index contributed by atoms with van der Waals surface area (Å²) in [5.74, 6) is -0.425. The molecule has 108 valence electrons. The zero-order chi connectivity index (χ0) is 14.5. The van der Waals surface area contributed by atoms with E-state index in [4.69, 9.17) is 5.73 Å². The lowest BCUT2D eigenvalue weighted by molar-refractivity contribution is -0.134. The number of benzene rings is 1. The lowest BCUT2D eigenvalue weighted by Gasteiger charge is -2.22. The van der Waals surface area contributed by atoms with Crippen molar-refractivity contribution in [1.82, 2.24) is 4.90 Å². The van der Waals surface area contributed by atoms with E-state index >= 15 is 0 Å². The fraction of sp³-hybridized carbons (Fsp3) is 0.467. The van der Waals surface area contributed by atoms with Gasteiger partial charge >= 0.3 is 0 Å². The number of carbonyl (C=O) groups is 2. The van der Waals surface area contributed by atoms with Gasteiger partial charge in [0.2, 0.25) is 5.91 Å². The van der Waals surface area contributed by atoms with Crippen molar-refractivity contribution in [2.75, 3.05) is 6.54 Å². The predicted molar refractivity (Wildman–Crippen MR) is 73.5 cm³/mol. The van der Waals surface area contributed by atoms with E-state index in [9.17, 15) is 14.0 Å². The number of hydrogen-bond acceptors (Lipinski definition) is 3. The first kappa shape index (κ1) is 14.7. The number of carbonyl (C=O) groups excluding carboxylic acids is 2. The molecule has 1 fully saturated rings. The van der Waals surface area contributed by atoms with E-state index in [1.807, 2.05) is 0 Å². The molecule has 5 heteroatoms. The van der Waals surface area contributed by atoms with Crippen LogP contribution in [0.15, 0.2) is 24.3 Å². The van der Waals surface area contributed by atoms with Crippen molar-refractivity contribution in [2.45, 2.75) is 37.8 Å². The van der Waals surface area contributed by atoms with Crippen LogP contribution >= 0.6 is 0 Å². The Morgan fingerprint density at radius 3 is 2.95 bits per heavy atom. The van der Waals surface area contributed by atoms with Crippen molar-refractivity contribution in [1.29, 1.82) is 0 Å². The summed E-state index contributed by atoms with van der Waals surface area (Å²) in [4.78, 5) is 24.5. The van der Waals surface area contributed by atoms with Gasteiger partial charge in [0.05, 0.1) is 6.04 Å². The molecular weight excluding hydrogens is 259 g/mol. The zero-order valence-corrected chi connectivity index (χ0v) is 11.3. The fourth-order valence-electron chi connectivity index (χ4n) is 2.60. The summed E-state index contributed by atoms with van der Waals surface area (Å²) in [6, 6.07) is 5.66. The van der Waals surface area contributed by atoms with Gasteiger partial charge in [-0.2, -0.15) is 0 Å².